The van der Waals surface area contributed by atoms with Crippen LogP contribution in [0.1, 0.15) is 18.1 Å². The van der Waals surface area contributed by atoms with E-state index in [1.54, 1.807) is 31.2 Å². The van der Waals surface area contributed by atoms with E-state index in [9.17, 15) is 9.50 Å². The molecule has 0 aliphatic rings. The second-order valence-corrected chi connectivity index (χ2v) is 5.34. The maximum atomic E-state index is 14.1. The van der Waals surface area contributed by atoms with Crippen molar-refractivity contribution in [1.29, 1.82) is 0 Å². The fraction of sp³-hybridized carbons (Fsp3) is 0.200. The van der Waals surface area contributed by atoms with Crippen molar-refractivity contribution in [3.63, 3.8) is 0 Å². The average molecular weight is 325 g/mol. The van der Waals surface area contributed by atoms with Gasteiger partial charge in [0.05, 0.1) is 7.11 Å². The first-order chi connectivity index (χ1) is 8.95. The summed E-state index contributed by atoms with van der Waals surface area (Å²) in [6, 6.07) is 11.6. The van der Waals surface area contributed by atoms with Crippen molar-refractivity contribution < 1.29 is 14.2 Å². The molecule has 19 heavy (non-hydrogen) atoms. The third-order valence-corrected chi connectivity index (χ3v) is 3.58. The number of hydrogen-bond acceptors (Lipinski definition) is 2. The second-order valence-electron chi connectivity index (χ2n) is 4.43. The summed E-state index contributed by atoms with van der Waals surface area (Å²) in [7, 11) is 1.47. The predicted molar refractivity (Wildman–Crippen MR) is 75.8 cm³/mol. The van der Waals surface area contributed by atoms with Gasteiger partial charge < -0.3 is 9.84 Å². The van der Waals surface area contributed by atoms with E-state index in [4.69, 9.17) is 4.74 Å². The van der Waals surface area contributed by atoms with E-state index in [2.05, 4.69) is 15.9 Å². The molecule has 0 amide bonds. The Kier molecular flexibility index (Phi) is 3.92. The molecule has 0 aliphatic carbocycles. The molecule has 0 saturated heterocycles. The molecule has 100 valence electrons. The molecular weight excluding hydrogens is 311 g/mol. The standard InChI is InChI=1S/C15H14BrFO2/c1-15(18,10-4-3-5-11(16)8-10)13-7-6-12(19-2)9-14(13)17/h3-9,18H,1-2H3. The number of aliphatic hydroxyl groups is 1. The van der Waals surface area contributed by atoms with Gasteiger partial charge >= 0.3 is 0 Å². The van der Waals surface area contributed by atoms with E-state index in [1.165, 1.54) is 19.2 Å². The molecule has 1 atom stereocenters. The molecule has 0 fully saturated rings. The molecule has 1 N–H and O–H groups in total. The fourth-order valence-corrected chi connectivity index (χ4v) is 2.36. The van der Waals surface area contributed by atoms with Crippen LogP contribution in [0.3, 0.4) is 0 Å². The van der Waals surface area contributed by atoms with Crippen molar-refractivity contribution in [3.05, 3.63) is 63.9 Å². The van der Waals surface area contributed by atoms with Crippen molar-refractivity contribution >= 4 is 15.9 Å². The molecule has 0 bridgehead atoms. The van der Waals surface area contributed by atoms with E-state index in [-0.39, 0.29) is 5.56 Å². The first-order valence-corrected chi connectivity index (χ1v) is 6.57. The van der Waals surface area contributed by atoms with Crippen LogP contribution in [0, 0.1) is 5.82 Å². The van der Waals surface area contributed by atoms with Crippen LogP contribution in [0.2, 0.25) is 0 Å². The second kappa shape index (κ2) is 5.31. The molecule has 0 heterocycles. The Bertz CT molecular complexity index is 596. The van der Waals surface area contributed by atoms with Gasteiger partial charge in [0, 0.05) is 16.1 Å². The summed E-state index contributed by atoms with van der Waals surface area (Å²) in [6.07, 6.45) is 0. The lowest BCUT2D eigenvalue weighted by molar-refractivity contribution is 0.0978. The van der Waals surface area contributed by atoms with E-state index in [0.717, 1.165) is 4.47 Å². The Morgan fingerprint density at radius 3 is 2.53 bits per heavy atom. The van der Waals surface area contributed by atoms with Crippen molar-refractivity contribution in [3.8, 4) is 5.75 Å². The fourth-order valence-electron chi connectivity index (χ4n) is 1.96. The first kappa shape index (κ1) is 14.0. The van der Waals surface area contributed by atoms with Gasteiger partial charge in [-0.05, 0) is 36.8 Å². The molecule has 0 aromatic heterocycles. The van der Waals surface area contributed by atoms with Crippen LogP contribution < -0.4 is 4.74 Å². The van der Waals surface area contributed by atoms with Crippen LogP contribution in [-0.4, -0.2) is 12.2 Å². The highest BCUT2D eigenvalue weighted by Gasteiger charge is 2.29. The smallest absolute Gasteiger partial charge is 0.133 e. The Morgan fingerprint density at radius 2 is 1.95 bits per heavy atom. The Labute approximate surface area is 120 Å². The minimum Gasteiger partial charge on any atom is -0.497 e. The third kappa shape index (κ3) is 2.80. The largest absolute Gasteiger partial charge is 0.497 e. The van der Waals surface area contributed by atoms with Crippen molar-refractivity contribution in [2.45, 2.75) is 12.5 Å². The molecular formula is C15H14BrFO2. The van der Waals surface area contributed by atoms with E-state index in [0.29, 0.717) is 11.3 Å². The monoisotopic (exact) mass is 324 g/mol. The summed E-state index contributed by atoms with van der Waals surface area (Å²) in [5.74, 6) is -0.0735. The molecule has 2 rings (SSSR count). The first-order valence-electron chi connectivity index (χ1n) is 5.77. The van der Waals surface area contributed by atoms with Crippen LogP contribution >= 0.6 is 15.9 Å². The van der Waals surface area contributed by atoms with Crippen molar-refractivity contribution in [1.82, 2.24) is 0 Å². The average Bonchev–Trinajstić information content (AvgIpc) is 2.38. The summed E-state index contributed by atoms with van der Waals surface area (Å²) in [4.78, 5) is 0. The SMILES string of the molecule is COc1ccc(C(C)(O)c2cccc(Br)c2)c(F)c1. The zero-order valence-electron chi connectivity index (χ0n) is 10.7. The molecule has 4 heteroatoms. The zero-order valence-corrected chi connectivity index (χ0v) is 12.2. The minimum absolute atomic E-state index is 0.214. The Morgan fingerprint density at radius 1 is 1.21 bits per heavy atom. The maximum absolute atomic E-state index is 14.1. The van der Waals surface area contributed by atoms with Gasteiger partial charge in [-0.2, -0.15) is 0 Å². The number of halogens is 2. The molecule has 0 aliphatic heterocycles. The van der Waals surface area contributed by atoms with Gasteiger partial charge in [0.2, 0.25) is 0 Å². The number of benzene rings is 2. The highest BCUT2D eigenvalue weighted by molar-refractivity contribution is 9.10. The van der Waals surface area contributed by atoms with Gasteiger partial charge in [-0.25, -0.2) is 4.39 Å². The Hall–Kier alpha value is -1.39. The van der Waals surface area contributed by atoms with Crippen LogP contribution in [0.4, 0.5) is 4.39 Å². The van der Waals surface area contributed by atoms with E-state index in [1.807, 2.05) is 6.07 Å². The lowest BCUT2D eigenvalue weighted by Crippen LogP contribution is -2.24. The molecule has 1 unspecified atom stereocenters. The van der Waals surface area contributed by atoms with Gasteiger partial charge in [0.15, 0.2) is 0 Å². The van der Waals surface area contributed by atoms with Crippen molar-refractivity contribution in [2.24, 2.45) is 0 Å². The van der Waals surface area contributed by atoms with Gasteiger partial charge in [-0.1, -0.05) is 28.1 Å². The third-order valence-electron chi connectivity index (χ3n) is 3.09. The van der Waals surface area contributed by atoms with Gasteiger partial charge in [-0.3, -0.25) is 0 Å². The normalized spacial score (nSPS) is 13.9. The number of ether oxygens (including phenoxy) is 1. The molecule has 0 saturated carbocycles. The number of rotatable bonds is 3. The quantitative estimate of drug-likeness (QED) is 0.929. The Balaban J connectivity index is 2.50. The summed E-state index contributed by atoms with van der Waals surface area (Å²) < 4.78 is 19.9. The predicted octanol–water partition coefficient (Wildman–Crippen LogP) is 3.85. The van der Waals surface area contributed by atoms with E-state index >= 15 is 0 Å². The number of hydrogen-bond donors (Lipinski definition) is 1. The van der Waals surface area contributed by atoms with Gasteiger partial charge in [-0.15, -0.1) is 0 Å². The number of methoxy groups -OCH3 is 1. The van der Waals surface area contributed by atoms with E-state index < -0.39 is 11.4 Å². The highest BCUT2D eigenvalue weighted by Crippen LogP contribution is 2.33. The zero-order chi connectivity index (χ0) is 14.0. The van der Waals surface area contributed by atoms with Gasteiger partial charge in [0.1, 0.15) is 17.2 Å². The van der Waals surface area contributed by atoms with Crippen LogP contribution in [0.15, 0.2) is 46.9 Å². The van der Waals surface area contributed by atoms with Crippen molar-refractivity contribution in [2.75, 3.05) is 7.11 Å². The summed E-state index contributed by atoms with van der Waals surface area (Å²) in [6.45, 7) is 1.57. The summed E-state index contributed by atoms with van der Waals surface area (Å²) >= 11 is 3.34. The molecule has 2 aromatic carbocycles. The maximum Gasteiger partial charge on any atom is 0.133 e. The summed E-state index contributed by atoms with van der Waals surface area (Å²) in [5, 5.41) is 10.6. The molecule has 0 radical (unpaired) electrons. The summed E-state index contributed by atoms with van der Waals surface area (Å²) in [5.41, 5.74) is -0.572. The highest BCUT2D eigenvalue weighted by atomic mass is 79.9. The molecule has 0 spiro atoms. The topological polar surface area (TPSA) is 29.5 Å². The lowest BCUT2D eigenvalue weighted by atomic mass is 9.88. The molecule has 2 aromatic rings. The lowest BCUT2D eigenvalue weighted by Gasteiger charge is -2.25. The van der Waals surface area contributed by atoms with Gasteiger partial charge in [0.25, 0.3) is 0 Å². The molecule has 2 nitrogen and oxygen atoms in total. The van der Waals surface area contributed by atoms with Crippen LogP contribution in [-0.2, 0) is 5.60 Å². The van der Waals surface area contributed by atoms with Crippen LogP contribution in [0.5, 0.6) is 5.75 Å². The van der Waals surface area contributed by atoms with Crippen LogP contribution in [0.25, 0.3) is 0 Å². The minimum atomic E-state index is -1.40.